The highest BCUT2D eigenvalue weighted by atomic mass is 32.2. The molecule has 1 amide bonds. The number of rotatable bonds is 5. The number of nitrogens with one attached hydrogen (secondary N) is 1. The molecule has 8 heteroatoms. The Kier molecular flexibility index (Phi) is 5.60. The molecule has 1 N–H and O–H groups in total. The van der Waals surface area contributed by atoms with E-state index >= 15 is 0 Å². The molecule has 1 heterocycles. The topological polar surface area (TPSA) is 98.1 Å². The molecule has 0 fully saturated rings. The van der Waals surface area contributed by atoms with Crippen molar-refractivity contribution in [1.82, 2.24) is 14.5 Å². The molecule has 146 valence electrons. The first-order valence-corrected chi connectivity index (χ1v) is 10.1. The van der Waals surface area contributed by atoms with Crippen LogP contribution in [0, 0.1) is 0 Å². The summed E-state index contributed by atoms with van der Waals surface area (Å²) >= 11 is 0. The van der Waals surface area contributed by atoms with Crippen LogP contribution in [0.1, 0.15) is 74.0 Å². The van der Waals surface area contributed by atoms with Crippen molar-refractivity contribution >= 4 is 21.7 Å². The van der Waals surface area contributed by atoms with Crippen molar-refractivity contribution in [3.05, 3.63) is 47.3 Å². The molecule has 0 aliphatic carbocycles. The van der Waals surface area contributed by atoms with E-state index in [-0.39, 0.29) is 27.8 Å². The van der Waals surface area contributed by atoms with Gasteiger partial charge in [0.2, 0.25) is 0 Å². The number of amides is 1. The second kappa shape index (κ2) is 7.26. The van der Waals surface area contributed by atoms with Crippen LogP contribution in [-0.2, 0) is 15.6 Å². The average Bonchev–Trinajstić information content (AvgIpc) is 3.00. The predicted octanol–water partition coefficient (Wildman–Crippen LogP) is 3.08. The van der Waals surface area contributed by atoms with Crippen molar-refractivity contribution in [2.24, 2.45) is 0 Å². The number of hydrogen-bond donors (Lipinski definition) is 1. The summed E-state index contributed by atoms with van der Waals surface area (Å²) in [6, 6.07) is 7.01. The normalized spacial score (nSPS) is 12.3. The van der Waals surface area contributed by atoms with Gasteiger partial charge in [-0.05, 0) is 51.8 Å². The van der Waals surface area contributed by atoms with Crippen molar-refractivity contribution in [2.45, 2.75) is 57.9 Å². The zero-order valence-corrected chi connectivity index (χ0v) is 17.2. The fourth-order valence-corrected chi connectivity index (χ4v) is 3.52. The van der Waals surface area contributed by atoms with E-state index in [1.807, 2.05) is 39.3 Å². The van der Waals surface area contributed by atoms with Crippen molar-refractivity contribution < 1.29 is 18.0 Å². The largest absolute Gasteiger partial charge is 0.295 e. The third kappa shape index (κ3) is 4.63. The van der Waals surface area contributed by atoms with E-state index in [9.17, 15) is 18.0 Å². The molecule has 0 unspecified atom stereocenters. The maximum atomic E-state index is 12.5. The fraction of sp³-hybridized carbons (Fsp3) is 0.421. The highest BCUT2D eigenvalue weighted by Gasteiger charge is 2.26. The Morgan fingerprint density at radius 1 is 1.11 bits per heavy atom. The number of carbonyl (C=O) groups is 2. The molecule has 0 aliphatic heterocycles. The van der Waals surface area contributed by atoms with Crippen molar-refractivity contribution in [1.29, 1.82) is 0 Å². The summed E-state index contributed by atoms with van der Waals surface area (Å²) in [5, 5.41) is 4.31. The Balaban J connectivity index is 2.32. The van der Waals surface area contributed by atoms with Gasteiger partial charge in [0.15, 0.2) is 11.5 Å². The molecule has 0 saturated carbocycles. The molecule has 0 bridgehead atoms. The molecule has 27 heavy (non-hydrogen) atoms. The molecule has 0 aliphatic rings. The number of carbonyl (C=O) groups excluding carboxylic acids is 2. The van der Waals surface area contributed by atoms with Gasteiger partial charge >= 0.3 is 0 Å². The molecule has 0 atom stereocenters. The Labute approximate surface area is 159 Å². The van der Waals surface area contributed by atoms with Crippen LogP contribution in [0.4, 0.5) is 0 Å². The molecule has 0 spiro atoms. The Morgan fingerprint density at radius 3 is 2.07 bits per heavy atom. The summed E-state index contributed by atoms with van der Waals surface area (Å²) in [6.07, 6.45) is 0. The first kappa shape index (κ1) is 20.8. The van der Waals surface area contributed by atoms with E-state index < -0.39 is 15.9 Å². The van der Waals surface area contributed by atoms with Gasteiger partial charge in [-0.3, -0.25) is 14.3 Å². The van der Waals surface area contributed by atoms with Gasteiger partial charge in [0.25, 0.3) is 15.9 Å². The number of ketones is 1. The lowest BCUT2D eigenvalue weighted by Crippen LogP contribution is -2.31. The standard InChI is InChI=1S/C19H25N3O4S/c1-12(2)17-11-16(20-22(17)19(4,5)6)18(24)21-27(25,26)15-9-7-14(8-10-15)13(3)23/h7-12H,1-6H3,(H,21,24). The lowest BCUT2D eigenvalue weighted by Gasteiger charge is -2.23. The highest BCUT2D eigenvalue weighted by Crippen LogP contribution is 2.23. The summed E-state index contributed by atoms with van der Waals surface area (Å²) < 4.78 is 28.7. The van der Waals surface area contributed by atoms with Gasteiger partial charge in [0.1, 0.15) is 0 Å². The fourth-order valence-electron chi connectivity index (χ4n) is 2.56. The number of nitrogens with zero attached hydrogens (tertiary/aromatic N) is 2. The van der Waals surface area contributed by atoms with Crippen LogP contribution in [0.5, 0.6) is 0 Å². The summed E-state index contributed by atoms with van der Waals surface area (Å²) in [5.74, 6) is -0.846. The van der Waals surface area contributed by atoms with Gasteiger partial charge < -0.3 is 0 Å². The van der Waals surface area contributed by atoms with Crippen LogP contribution in [0.2, 0.25) is 0 Å². The summed E-state index contributed by atoms with van der Waals surface area (Å²) in [6.45, 7) is 11.2. The van der Waals surface area contributed by atoms with Gasteiger partial charge in [-0.15, -0.1) is 0 Å². The van der Waals surface area contributed by atoms with Crippen LogP contribution in [0.15, 0.2) is 35.2 Å². The van der Waals surface area contributed by atoms with Crippen LogP contribution in [0.3, 0.4) is 0 Å². The highest BCUT2D eigenvalue weighted by molar-refractivity contribution is 7.90. The van der Waals surface area contributed by atoms with Gasteiger partial charge in [-0.1, -0.05) is 26.0 Å². The zero-order valence-electron chi connectivity index (χ0n) is 16.4. The van der Waals surface area contributed by atoms with E-state index in [0.29, 0.717) is 5.56 Å². The van der Waals surface area contributed by atoms with E-state index in [1.165, 1.54) is 31.2 Å². The number of aromatic nitrogens is 2. The van der Waals surface area contributed by atoms with E-state index in [1.54, 1.807) is 10.7 Å². The number of hydrogen-bond acceptors (Lipinski definition) is 5. The predicted molar refractivity (Wildman–Crippen MR) is 102 cm³/mol. The first-order valence-electron chi connectivity index (χ1n) is 8.61. The lowest BCUT2D eigenvalue weighted by molar-refractivity contribution is 0.0973. The van der Waals surface area contributed by atoms with Gasteiger partial charge in [-0.2, -0.15) is 5.10 Å². The molecular formula is C19H25N3O4S. The molecule has 1 aromatic heterocycles. The van der Waals surface area contributed by atoms with Crippen molar-refractivity contribution in [3.8, 4) is 0 Å². The minimum Gasteiger partial charge on any atom is -0.295 e. The van der Waals surface area contributed by atoms with Crippen LogP contribution in [-0.4, -0.2) is 29.9 Å². The lowest BCUT2D eigenvalue weighted by atomic mass is 10.1. The maximum absolute atomic E-state index is 12.5. The van der Waals surface area contributed by atoms with E-state index in [2.05, 4.69) is 5.10 Å². The van der Waals surface area contributed by atoms with Gasteiger partial charge in [0.05, 0.1) is 10.4 Å². The van der Waals surface area contributed by atoms with Crippen LogP contribution >= 0.6 is 0 Å². The quantitative estimate of drug-likeness (QED) is 0.790. The van der Waals surface area contributed by atoms with Crippen molar-refractivity contribution in [2.75, 3.05) is 0 Å². The zero-order chi connectivity index (χ0) is 20.6. The number of Topliss-reactive ketones (excluding diaryl/α,β-unsaturated/α-hetero) is 1. The third-order valence-corrected chi connectivity index (χ3v) is 5.34. The molecular weight excluding hydrogens is 366 g/mol. The smallest absolute Gasteiger partial charge is 0.285 e. The van der Waals surface area contributed by atoms with E-state index in [0.717, 1.165) is 5.69 Å². The summed E-state index contributed by atoms with van der Waals surface area (Å²) in [7, 11) is -4.07. The number of benzene rings is 1. The third-order valence-electron chi connectivity index (χ3n) is 3.99. The maximum Gasteiger partial charge on any atom is 0.285 e. The first-order chi connectivity index (χ1) is 12.3. The minimum absolute atomic E-state index is 0.0394. The monoisotopic (exact) mass is 391 g/mol. The van der Waals surface area contributed by atoms with Crippen molar-refractivity contribution in [3.63, 3.8) is 0 Å². The van der Waals surface area contributed by atoms with E-state index in [4.69, 9.17) is 0 Å². The minimum atomic E-state index is -4.07. The SMILES string of the molecule is CC(=O)c1ccc(S(=O)(=O)NC(=O)c2cc(C(C)C)n(C(C)(C)C)n2)cc1. The Morgan fingerprint density at radius 2 is 1.67 bits per heavy atom. The summed E-state index contributed by atoms with van der Waals surface area (Å²) in [4.78, 5) is 23.7. The second-order valence-corrected chi connectivity index (χ2v) is 9.39. The molecule has 7 nitrogen and oxygen atoms in total. The second-order valence-electron chi connectivity index (χ2n) is 7.71. The molecule has 0 radical (unpaired) electrons. The Hall–Kier alpha value is -2.48. The number of sulfonamides is 1. The molecule has 2 rings (SSSR count). The molecule has 1 aromatic carbocycles. The molecule has 0 saturated heterocycles. The van der Waals surface area contributed by atoms with Gasteiger partial charge in [0, 0.05) is 11.3 Å². The molecule has 2 aromatic rings. The Bertz CT molecular complexity index is 965. The van der Waals surface area contributed by atoms with Crippen LogP contribution in [0.25, 0.3) is 0 Å². The summed E-state index contributed by atoms with van der Waals surface area (Å²) in [5.41, 5.74) is 0.929. The van der Waals surface area contributed by atoms with Crippen LogP contribution < -0.4 is 4.72 Å². The van der Waals surface area contributed by atoms with Gasteiger partial charge in [-0.25, -0.2) is 13.1 Å². The average molecular weight is 391 g/mol.